The molecule has 3 amide bonds. The van der Waals surface area contributed by atoms with Crippen molar-refractivity contribution in [2.24, 2.45) is 5.73 Å². The molecule has 0 aliphatic carbocycles. The lowest BCUT2D eigenvalue weighted by Crippen LogP contribution is -2.33. The number of nitrogens with two attached hydrogens (primary N) is 1. The Morgan fingerprint density at radius 1 is 0.938 bits per heavy atom. The van der Waals surface area contributed by atoms with Crippen molar-refractivity contribution < 1.29 is 19.1 Å². The standard InChI is InChI=1S/C22H21N5O5/c23-19(28)14-24-21(30)15-6-8-16(9-7-15)25-22(31)18-10-11-20(29)27(26-18)12-13-32-17-4-2-1-3-5-17/h1-11H,12-14H2,(H2,23,28)(H,24,30)(H,25,31). The lowest BCUT2D eigenvalue weighted by molar-refractivity contribution is -0.117. The van der Waals surface area contributed by atoms with Crippen LogP contribution >= 0.6 is 0 Å². The third-order valence-electron chi connectivity index (χ3n) is 4.24. The molecule has 32 heavy (non-hydrogen) atoms. The first-order valence-electron chi connectivity index (χ1n) is 9.66. The zero-order valence-corrected chi connectivity index (χ0v) is 17.0. The first kappa shape index (κ1) is 22.2. The lowest BCUT2D eigenvalue weighted by atomic mass is 10.2. The number of ether oxygens (including phenoxy) is 1. The second-order valence-electron chi connectivity index (χ2n) is 6.62. The molecule has 0 fully saturated rings. The van der Waals surface area contributed by atoms with Gasteiger partial charge >= 0.3 is 0 Å². The summed E-state index contributed by atoms with van der Waals surface area (Å²) in [5, 5.41) is 9.11. The van der Waals surface area contributed by atoms with Gasteiger partial charge in [0.05, 0.1) is 13.1 Å². The van der Waals surface area contributed by atoms with Crippen molar-refractivity contribution in [2.45, 2.75) is 6.54 Å². The molecule has 0 aliphatic rings. The molecular weight excluding hydrogens is 414 g/mol. The van der Waals surface area contributed by atoms with E-state index >= 15 is 0 Å². The van der Waals surface area contributed by atoms with Gasteiger partial charge in [-0.2, -0.15) is 5.10 Å². The average Bonchev–Trinajstić information content (AvgIpc) is 2.80. The minimum absolute atomic E-state index is 0.0487. The molecule has 0 aliphatic heterocycles. The van der Waals surface area contributed by atoms with Gasteiger partial charge in [-0.05, 0) is 42.5 Å². The number of para-hydroxylation sites is 1. The zero-order valence-electron chi connectivity index (χ0n) is 17.0. The second kappa shape index (κ2) is 10.5. The summed E-state index contributed by atoms with van der Waals surface area (Å²) in [4.78, 5) is 47.2. The van der Waals surface area contributed by atoms with Crippen LogP contribution in [0.4, 0.5) is 5.69 Å². The molecule has 0 atom stereocenters. The number of hydrogen-bond acceptors (Lipinski definition) is 6. The van der Waals surface area contributed by atoms with Gasteiger partial charge in [-0.3, -0.25) is 19.2 Å². The smallest absolute Gasteiger partial charge is 0.276 e. The van der Waals surface area contributed by atoms with Crippen LogP contribution in [0.2, 0.25) is 0 Å². The summed E-state index contributed by atoms with van der Waals surface area (Å²) in [7, 11) is 0. The third-order valence-corrected chi connectivity index (χ3v) is 4.24. The fraction of sp³-hybridized carbons (Fsp3) is 0.136. The predicted molar refractivity (Wildman–Crippen MR) is 116 cm³/mol. The Balaban J connectivity index is 1.60. The van der Waals surface area contributed by atoms with E-state index in [1.165, 1.54) is 36.4 Å². The topological polar surface area (TPSA) is 145 Å². The normalized spacial score (nSPS) is 10.2. The molecule has 2 aromatic carbocycles. The molecule has 0 bridgehead atoms. The van der Waals surface area contributed by atoms with E-state index in [9.17, 15) is 19.2 Å². The van der Waals surface area contributed by atoms with Gasteiger partial charge in [0, 0.05) is 17.3 Å². The van der Waals surface area contributed by atoms with Crippen LogP contribution in [0.15, 0.2) is 71.5 Å². The Hall–Kier alpha value is -4.47. The molecular formula is C22H21N5O5. The van der Waals surface area contributed by atoms with Crippen molar-refractivity contribution >= 4 is 23.4 Å². The Labute approximate surface area is 183 Å². The number of amides is 3. The van der Waals surface area contributed by atoms with E-state index in [0.717, 1.165) is 4.68 Å². The molecule has 3 rings (SSSR count). The molecule has 3 aromatic rings. The van der Waals surface area contributed by atoms with Gasteiger partial charge in [0.1, 0.15) is 18.1 Å². The molecule has 0 spiro atoms. The highest BCUT2D eigenvalue weighted by Crippen LogP contribution is 2.11. The number of primary amides is 1. The van der Waals surface area contributed by atoms with E-state index in [1.54, 1.807) is 12.1 Å². The van der Waals surface area contributed by atoms with Gasteiger partial charge in [0.15, 0.2) is 0 Å². The largest absolute Gasteiger partial charge is 0.492 e. The quantitative estimate of drug-likeness (QED) is 0.453. The molecule has 164 valence electrons. The summed E-state index contributed by atoms with van der Waals surface area (Å²) in [6.45, 7) is 0.111. The van der Waals surface area contributed by atoms with Crippen LogP contribution in [-0.4, -0.2) is 40.7 Å². The van der Waals surface area contributed by atoms with Crippen molar-refractivity contribution in [3.8, 4) is 5.75 Å². The van der Waals surface area contributed by atoms with Gasteiger partial charge in [-0.15, -0.1) is 0 Å². The Bertz CT molecular complexity index is 1160. The number of nitrogens with zero attached hydrogens (tertiary/aromatic N) is 2. The van der Waals surface area contributed by atoms with E-state index < -0.39 is 17.7 Å². The predicted octanol–water partition coefficient (Wildman–Crippen LogP) is 0.790. The highest BCUT2D eigenvalue weighted by molar-refractivity contribution is 6.03. The number of anilines is 1. The summed E-state index contributed by atoms with van der Waals surface area (Å²) in [5.41, 5.74) is 5.41. The summed E-state index contributed by atoms with van der Waals surface area (Å²) < 4.78 is 6.72. The van der Waals surface area contributed by atoms with Crippen molar-refractivity contribution in [1.82, 2.24) is 15.1 Å². The van der Waals surface area contributed by atoms with Crippen LogP contribution < -0.4 is 26.7 Å². The first-order valence-corrected chi connectivity index (χ1v) is 9.66. The van der Waals surface area contributed by atoms with E-state index in [1.807, 2.05) is 18.2 Å². The molecule has 0 saturated carbocycles. The molecule has 1 heterocycles. The van der Waals surface area contributed by atoms with Crippen LogP contribution in [0, 0.1) is 0 Å². The molecule has 10 nitrogen and oxygen atoms in total. The van der Waals surface area contributed by atoms with Crippen molar-refractivity contribution in [1.29, 1.82) is 0 Å². The molecule has 0 unspecified atom stereocenters. The van der Waals surface area contributed by atoms with Gasteiger partial charge in [0.2, 0.25) is 5.91 Å². The molecule has 1 aromatic heterocycles. The summed E-state index contributed by atoms with van der Waals surface area (Å²) in [6, 6.07) is 17.8. The van der Waals surface area contributed by atoms with E-state index in [0.29, 0.717) is 17.0 Å². The minimum atomic E-state index is -0.650. The molecule has 10 heteroatoms. The number of hydrogen-bond donors (Lipinski definition) is 3. The number of nitrogens with one attached hydrogen (secondary N) is 2. The third kappa shape index (κ3) is 6.26. The SMILES string of the molecule is NC(=O)CNC(=O)c1ccc(NC(=O)c2ccc(=O)n(CCOc3ccccc3)n2)cc1. The van der Waals surface area contributed by atoms with Gasteiger partial charge in [-0.25, -0.2) is 4.68 Å². The summed E-state index contributed by atoms with van der Waals surface area (Å²) in [6.07, 6.45) is 0. The van der Waals surface area contributed by atoms with Crippen molar-refractivity contribution in [3.05, 3.63) is 88.3 Å². The first-order chi connectivity index (χ1) is 15.4. The van der Waals surface area contributed by atoms with Crippen molar-refractivity contribution in [2.75, 3.05) is 18.5 Å². The Morgan fingerprint density at radius 2 is 1.66 bits per heavy atom. The number of carbonyl (C=O) groups is 3. The van der Waals surface area contributed by atoms with E-state index in [4.69, 9.17) is 10.5 Å². The summed E-state index contributed by atoms with van der Waals surface area (Å²) >= 11 is 0. The van der Waals surface area contributed by atoms with Crippen LogP contribution in [0.3, 0.4) is 0 Å². The number of aromatic nitrogens is 2. The highest BCUT2D eigenvalue weighted by Gasteiger charge is 2.12. The molecule has 0 radical (unpaired) electrons. The van der Waals surface area contributed by atoms with E-state index in [-0.39, 0.29) is 30.9 Å². The number of rotatable bonds is 9. The molecule has 4 N–H and O–H groups in total. The van der Waals surface area contributed by atoms with Gasteiger partial charge in [0.25, 0.3) is 17.4 Å². The van der Waals surface area contributed by atoms with Crippen LogP contribution in [0.5, 0.6) is 5.75 Å². The van der Waals surface area contributed by atoms with Crippen LogP contribution in [0.25, 0.3) is 0 Å². The summed E-state index contributed by atoms with van der Waals surface area (Å²) in [5.74, 6) is -0.967. The highest BCUT2D eigenvalue weighted by atomic mass is 16.5. The number of benzene rings is 2. The van der Waals surface area contributed by atoms with E-state index in [2.05, 4.69) is 15.7 Å². The minimum Gasteiger partial charge on any atom is -0.492 e. The van der Waals surface area contributed by atoms with Crippen molar-refractivity contribution in [3.63, 3.8) is 0 Å². The fourth-order valence-electron chi connectivity index (χ4n) is 2.67. The van der Waals surface area contributed by atoms with Crippen LogP contribution in [0.1, 0.15) is 20.8 Å². The number of carbonyl (C=O) groups excluding carboxylic acids is 3. The second-order valence-corrected chi connectivity index (χ2v) is 6.62. The maximum atomic E-state index is 12.5. The fourth-order valence-corrected chi connectivity index (χ4v) is 2.67. The zero-order chi connectivity index (χ0) is 22.9. The monoisotopic (exact) mass is 435 g/mol. The maximum absolute atomic E-state index is 12.5. The van der Waals surface area contributed by atoms with Crippen LogP contribution in [-0.2, 0) is 11.3 Å². The Morgan fingerprint density at radius 3 is 2.34 bits per heavy atom. The van der Waals surface area contributed by atoms with Gasteiger partial charge in [-0.1, -0.05) is 18.2 Å². The lowest BCUT2D eigenvalue weighted by Gasteiger charge is -2.09. The average molecular weight is 435 g/mol. The molecule has 0 saturated heterocycles. The Kier molecular flexibility index (Phi) is 7.31. The maximum Gasteiger partial charge on any atom is 0.276 e. The van der Waals surface area contributed by atoms with Gasteiger partial charge < -0.3 is 21.1 Å².